The van der Waals surface area contributed by atoms with E-state index in [0.29, 0.717) is 23.4 Å². The highest BCUT2D eigenvalue weighted by Gasteiger charge is 2.17. The van der Waals surface area contributed by atoms with Crippen LogP contribution in [0.25, 0.3) is 11.3 Å². The summed E-state index contributed by atoms with van der Waals surface area (Å²) in [7, 11) is 0. The average molecular weight is 355 g/mol. The molecule has 27 heavy (non-hydrogen) atoms. The molecule has 134 valence electrons. The van der Waals surface area contributed by atoms with Crippen LogP contribution in [0.5, 0.6) is 0 Å². The Hall–Kier alpha value is -3.39. The van der Waals surface area contributed by atoms with Crippen LogP contribution in [0.1, 0.15) is 31.2 Å². The molecule has 5 heteroatoms. The summed E-state index contributed by atoms with van der Waals surface area (Å²) in [6.45, 7) is 0. The number of nitrogens with zero attached hydrogens (tertiary/aromatic N) is 3. The molecule has 0 radical (unpaired) electrons. The van der Waals surface area contributed by atoms with Gasteiger partial charge < -0.3 is 10.6 Å². The van der Waals surface area contributed by atoms with E-state index < -0.39 is 0 Å². The molecule has 5 nitrogen and oxygen atoms in total. The third kappa shape index (κ3) is 4.06. The molecule has 1 aliphatic rings. The number of para-hydroxylation sites is 1. The van der Waals surface area contributed by atoms with Crippen molar-refractivity contribution in [3.8, 4) is 17.3 Å². The maximum Gasteiger partial charge on any atom is 0.225 e. The van der Waals surface area contributed by atoms with Crippen molar-refractivity contribution in [1.29, 1.82) is 5.26 Å². The Morgan fingerprint density at radius 2 is 1.67 bits per heavy atom. The molecule has 1 saturated carbocycles. The number of benzene rings is 2. The van der Waals surface area contributed by atoms with Crippen LogP contribution < -0.4 is 10.6 Å². The number of nitrogens with one attached hydrogen (secondary N) is 2. The van der Waals surface area contributed by atoms with Crippen LogP contribution in [-0.2, 0) is 0 Å². The van der Waals surface area contributed by atoms with E-state index in [-0.39, 0.29) is 0 Å². The maximum absolute atomic E-state index is 9.34. The summed E-state index contributed by atoms with van der Waals surface area (Å²) < 4.78 is 0. The Kier molecular flexibility index (Phi) is 4.97. The quantitative estimate of drug-likeness (QED) is 0.665. The first kappa shape index (κ1) is 17.0. The topological polar surface area (TPSA) is 73.6 Å². The highest BCUT2D eigenvalue weighted by atomic mass is 15.2. The van der Waals surface area contributed by atoms with Crippen molar-refractivity contribution in [3.63, 3.8) is 0 Å². The molecule has 0 amide bonds. The number of anilines is 3. The predicted molar refractivity (Wildman–Crippen MR) is 108 cm³/mol. The molecule has 1 aliphatic carbocycles. The van der Waals surface area contributed by atoms with Crippen LogP contribution in [0.2, 0.25) is 0 Å². The second kappa shape index (κ2) is 7.88. The first-order valence-electron chi connectivity index (χ1n) is 9.29. The maximum atomic E-state index is 9.34. The van der Waals surface area contributed by atoms with E-state index in [2.05, 4.69) is 21.7 Å². The van der Waals surface area contributed by atoms with E-state index in [0.717, 1.165) is 29.8 Å². The van der Waals surface area contributed by atoms with E-state index in [1.807, 2.05) is 54.6 Å². The van der Waals surface area contributed by atoms with Crippen LogP contribution in [0.3, 0.4) is 0 Å². The molecule has 4 rings (SSSR count). The van der Waals surface area contributed by atoms with Gasteiger partial charge in [0.15, 0.2) is 0 Å². The van der Waals surface area contributed by atoms with E-state index >= 15 is 0 Å². The van der Waals surface area contributed by atoms with Crippen LogP contribution in [-0.4, -0.2) is 16.0 Å². The highest BCUT2D eigenvalue weighted by molar-refractivity contribution is 5.70. The lowest BCUT2D eigenvalue weighted by Crippen LogP contribution is -2.17. The Bertz CT molecular complexity index is 956. The smallest absolute Gasteiger partial charge is 0.225 e. The van der Waals surface area contributed by atoms with Gasteiger partial charge in [-0.05, 0) is 25.0 Å². The molecule has 1 heterocycles. The second-order valence-corrected chi connectivity index (χ2v) is 6.74. The van der Waals surface area contributed by atoms with Gasteiger partial charge in [-0.3, -0.25) is 0 Å². The summed E-state index contributed by atoms with van der Waals surface area (Å²) >= 11 is 0. The fraction of sp³-hybridized carbons (Fsp3) is 0.227. The molecular formula is C22H21N5. The van der Waals surface area contributed by atoms with Gasteiger partial charge in [0.25, 0.3) is 0 Å². The lowest BCUT2D eigenvalue weighted by molar-refractivity contribution is 0.744. The minimum atomic E-state index is 0.426. The minimum Gasteiger partial charge on any atom is -0.351 e. The summed E-state index contributed by atoms with van der Waals surface area (Å²) in [6.07, 6.45) is 4.80. The SMILES string of the molecule is N#Cc1ccccc1Nc1cc(-c2ccccc2)nc(NC2CCCC2)n1. The van der Waals surface area contributed by atoms with E-state index in [1.54, 1.807) is 6.07 Å². The molecule has 0 saturated heterocycles. The number of hydrogen-bond acceptors (Lipinski definition) is 5. The van der Waals surface area contributed by atoms with Crippen LogP contribution >= 0.6 is 0 Å². The largest absolute Gasteiger partial charge is 0.351 e. The van der Waals surface area contributed by atoms with E-state index in [1.165, 1.54) is 12.8 Å². The third-order valence-electron chi connectivity index (χ3n) is 4.79. The zero-order valence-electron chi connectivity index (χ0n) is 15.0. The van der Waals surface area contributed by atoms with Crippen molar-refractivity contribution in [2.75, 3.05) is 10.6 Å². The van der Waals surface area contributed by atoms with Gasteiger partial charge in [0.1, 0.15) is 11.9 Å². The van der Waals surface area contributed by atoms with Gasteiger partial charge >= 0.3 is 0 Å². The van der Waals surface area contributed by atoms with Gasteiger partial charge in [0, 0.05) is 17.7 Å². The molecular weight excluding hydrogens is 334 g/mol. The van der Waals surface area contributed by atoms with Crippen molar-refractivity contribution in [1.82, 2.24) is 9.97 Å². The molecule has 3 aromatic rings. The van der Waals surface area contributed by atoms with Crippen LogP contribution in [0.4, 0.5) is 17.5 Å². The summed E-state index contributed by atoms with van der Waals surface area (Å²) in [5.74, 6) is 1.30. The van der Waals surface area contributed by atoms with Gasteiger partial charge in [-0.1, -0.05) is 55.3 Å². The van der Waals surface area contributed by atoms with Gasteiger partial charge in [-0.2, -0.15) is 10.2 Å². The number of nitriles is 1. The summed E-state index contributed by atoms with van der Waals surface area (Å²) in [5, 5.41) is 16.1. The normalized spacial score (nSPS) is 13.9. The molecule has 1 fully saturated rings. The van der Waals surface area contributed by atoms with Crippen LogP contribution in [0, 0.1) is 11.3 Å². The van der Waals surface area contributed by atoms with Crippen molar-refractivity contribution in [3.05, 3.63) is 66.2 Å². The Morgan fingerprint density at radius 3 is 2.44 bits per heavy atom. The standard InChI is InChI=1S/C22H21N5/c23-15-17-10-4-7-13-19(17)25-21-14-20(16-8-2-1-3-9-16)26-22(27-21)24-18-11-5-6-12-18/h1-4,7-10,13-14,18H,5-6,11-12H2,(H2,24,25,26,27). The molecule has 0 unspecified atom stereocenters. The van der Waals surface area contributed by atoms with Gasteiger partial charge in [-0.15, -0.1) is 0 Å². The minimum absolute atomic E-state index is 0.426. The molecule has 0 spiro atoms. The van der Waals surface area contributed by atoms with E-state index in [9.17, 15) is 5.26 Å². The fourth-order valence-electron chi connectivity index (χ4n) is 3.41. The van der Waals surface area contributed by atoms with Gasteiger partial charge in [0.2, 0.25) is 5.95 Å². The first-order chi connectivity index (χ1) is 13.3. The summed E-state index contributed by atoms with van der Waals surface area (Å²) in [6, 6.07) is 22.1. The average Bonchev–Trinajstić information content (AvgIpc) is 3.22. The highest BCUT2D eigenvalue weighted by Crippen LogP contribution is 2.27. The third-order valence-corrected chi connectivity index (χ3v) is 4.79. The molecule has 0 atom stereocenters. The van der Waals surface area contributed by atoms with Gasteiger partial charge in [0.05, 0.1) is 16.9 Å². The lowest BCUT2D eigenvalue weighted by atomic mass is 10.1. The molecule has 1 aromatic heterocycles. The Morgan fingerprint density at radius 1 is 0.926 bits per heavy atom. The fourth-order valence-corrected chi connectivity index (χ4v) is 3.41. The van der Waals surface area contributed by atoms with Crippen molar-refractivity contribution in [2.45, 2.75) is 31.7 Å². The van der Waals surface area contributed by atoms with Crippen LogP contribution in [0.15, 0.2) is 60.7 Å². The van der Waals surface area contributed by atoms with Gasteiger partial charge in [-0.25, -0.2) is 4.98 Å². The monoisotopic (exact) mass is 355 g/mol. The zero-order chi connectivity index (χ0) is 18.5. The molecule has 2 N–H and O–H groups in total. The lowest BCUT2D eigenvalue weighted by Gasteiger charge is -2.15. The summed E-state index contributed by atoms with van der Waals surface area (Å²) in [4.78, 5) is 9.37. The predicted octanol–water partition coefficient (Wildman–Crippen LogP) is 5.11. The number of hydrogen-bond donors (Lipinski definition) is 2. The summed E-state index contributed by atoms with van der Waals surface area (Å²) in [5.41, 5.74) is 3.21. The van der Waals surface area contributed by atoms with E-state index in [4.69, 9.17) is 4.98 Å². The number of rotatable bonds is 5. The molecule has 0 bridgehead atoms. The van der Waals surface area contributed by atoms with Crippen molar-refractivity contribution in [2.24, 2.45) is 0 Å². The Balaban J connectivity index is 1.70. The first-order valence-corrected chi connectivity index (χ1v) is 9.29. The van der Waals surface area contributed by atoms with Crippen molar-refractivity contribution < 1.29 is 0 Å². The molecule has 0 aliphatic heterocycles. The van der Waals surface area contributed by atoms with Crippen molar-refractivity contribution >= 4 is 17.5 Å². The number of aromatic nitrogens is 2. The molecule has 2 aromatic carbocycles. The zero-order valence-corrected chi connectivity index (χ0v) is 15.0. The second-order valence-electron chi connectivity index (χ2n) is 6.74. The Labute approximate surface area is 159 Å².